The number of aliphatic imine (C=N–C) groups is 1. The van der Waals surface area contributed by atoms with Gasteiger partial charge in [-0.05, 0) is 24.3 Å². The maximum atomic E-state index is 9.19. The SMILES string of the molecule is CON1C=CC=C(O)C=CC=NC1. The monoisotopic (exact) mass is 180 g/mol. The molecule has 1 heterocycles. The molecule has 1 rings (SSSR count). The van der Waals surface area contributed by atoms with Crippen LogP contribution in [-0.4, -0.2) is 30.2 Å². The van der Waals surface area contributed by atoms with Crippen molar-refractivity contribution in [3.8, 4) is 0 Å². The summed E-state index contributed by atoms with van der Waals surface area (Å²) >= 11 is 0. The minimum Gasteiger partial charge on any atom is -0.508 e. The van der Waals surface area contributed by atoms with Gasteiger partial charge in [0.1, 0.15) is 12.4 Å². The van der Waals surface area contributed by atoms with Gasteiger partial charge >= 0.3 is 0 Å². The van der Waals surface area contributed by atoms with Crippen molar-refractivity contribution in [3.05, 3.63) is 36.3 Å². The molecule has 70 valence electrons. The van der Waals surface area contributed by atoms with E-state index in [1.165, 1.54) is 0 Å². The summed E-state index contributed by atoms with van der Waals surface area (Å²) in [5, 5.41) is 10.7. The largest absolute Gasteiger partial charge is 0.508 e. The molecule has 0 fully saturated rings. The molecule has 0 unspecified atom stereocenters. The Balaban J connectivity index is 2.73. The van der Waals surface area contributed by atoms with Crippen molar-refractivity contribution in [2.75, 3.05) is 13.8 Å². The molecule has 1 aliphatic rings. The Kier molecular flexibility index (Phi) is 3.78. The second-order valence-corrected chi connectivity index (χ2v) is 2.36. The average molecular weight is 180 g/mol. The third-order valence-electron chi connectivity index (χ3n) is 1.43. The van der Waals surface area contributed by atoms with Crippen LogP contribution >= 0.6 is 0 Å². The standard InChI is InChI=1S/C9H12N2O2/c1-13-11-7-3-5-9(12)4-2-6-10-8-11/h2-7,12H,8H2,1H3. The molecule has 1 aliphatic heterocycles. The number of rotatable bonds is 1. The molecule has 0 aromatic rings. The maximum Gasteiger partial charge on any atom is 0.135 e. The highest BCUT2D eigenvalue weighted by molar-refractivity contribution is 5.71. The van der Waals surface area contributed by atoms with E-state index in [0.717, 1.165) is 0 Å². The fraction of sp³-hybridized carbons (Fsp3) is 0.222. The molecular weight excluding hydrogens is 168 g/mol. The summed E-state index contributed by atoms with van der Waals surface area (Å²) in [6, 6.07) is 0. The Morgan fingerprint density at radius 2 is 2.38 bits per heavy atom. The molecule has 0 saturated heterocycles. The number of aliphatic hydroxyl groups is 1. The average Bonchev–Trinajstić information content (AvgIpc) is 2.15. The molecule has 1 N–H and O–H groups in total. The summed E-state index contributed by atoms with van der Waals surface area (Å²) in [5.41, 5.74) is 0. The van der Waals surface area contributed by atoms with Crippen molar-refractivity contribution in [1.29, 1.82) is 0 Å². The predicted molar refractivity (Wildman–Crippen MR) is 51.2 cm³/mol. The van der Waals surface area contributed by atoms with Gasteiger partial charge in [-0.2, -0.15) is 0 Å². The summed E-state index contributed by atoms with van der Waals surface area (Å²) in [6.45, 7) is 0.436. The molecule has 0 aromatic heterocycles. The van der Waals surface area contributed by atoms with Crippen molar-refractivity contribution in [1.82, 2.24) is 5.06 Å². The third kappa shape index (κ3) is 3.57. The van der Waals surface area contributed by atoms with Crippen molar-refractivity contribution in [3.63, 3.8) is 0 Å². The summed E-state index contributed by atoms with van der Waals surface area (Å²) in [7, 11) is 1.56. The lowest BCUT2D eigenvalue weighted by atomic mass is 10.4. The number of hydrogen-bond acceptors (Lipinski definition) is 4. The van der Waals surface area contributed by atoms with Crippen LogP contribution in [0.2, 0.25) is 0 Å². The Labute approximate surface area is 77.1 Å². The van der Waals surface area contributed by atoms with Crippen LogP contribution in [0.5, 0.6) is 0 Å². The second kappa shape index (κ2) is 5.16. The molecular formula is C9H12N2O2. The molecule has 0 atom stereocenters. The van der Waals surface area contributed by atoms with E-state index in [1.807, 2.05) is 0 Å². The highest BCUT2D eigenvalue weighted by Gasteiger charge is 1.92. The molecule has 0 bridgehead atoms. The van der Waals surface area contributed by atoms with Gasteiger partial charge in [-0.15, -0.1) is 0 Å². The first-order valence-electron chi connectivity index (χ1n) is 3.87. The topological polar surface area (TPSA) is 45.1 Å². The lowest BCUT2D eigenvalue weighted by molar-refractivity contribution is -0.0849. The summed E-state index contributed by atoms with van der Waals surface area (Å²) in [6.07, 6.45) is 9.78. The lowest BCUT2D eigenvalue weighted by Crippen LogP contribution is -2.15. The van der Waals surface area contributed by atoms with Gasteiger partial charge in [-0.25, -0.2) is 5.06 Å². The highest BCUT2D eigenvalue weighted by atomic mass is 16.7. The van der Waals surface area contributed by atoms with Gasteiger partial charge in [0.15, 0.2) is 0 Å². The number of hydrogen-bond donors (Lipinski definition) is 1. The van der Waals surface area contributed by atoms with Crippen LogP contribution in [0.15, 0.2) is 41.3 Å². The van der Waals surface area contributed by atoms with Crippen molar-refractivity contribution in [2.24, 2.45) is 4.99 Å². The van der Waals surface area contributed by atoms with Gasteiger partial charge in [-0.3, -0.25) is 9.83 Å². The third-order valence-corrected chi connectivity index (χ3v) is 1.43. The van der Waals surface area contributed by atoms with E-state index in [0.29, 0.717) is 6.67 Å². The van der Waals surface area contributed by atoms with Gasteiger partial charge in [-0.1, -0.05) is 0 Å². The second-order valence-electron chi connectivity index (χ2n) is 2.36. The highest BCUT2D eigenvalue weighted by Crippen LogP contribution is 1.96. The Hall–Kier alpha value is -1.55. The summed E-state index contributed by atoms with van der Waals surface area (Å²) < 4.78 is 0. The van der Waals surface area contributed by atoms with Gasteiger partial charge in [0.25, 0.3) is 0 Å². The molecule has 13 heavy (non-hydrogen) atoms. The van der Waals surface area contributed by atoms with E-state index in [1.54, 1.807) is 48.9 Å². The van der Waals surface area contributed by atoms with E-state index < -0.39 is 0 Å². The quantitative estimate of drug-likeness (QED) is 0.663. The number of hydroxylamine groups is 2. The lowest BCUT2D eigenvalue weighted by Gasteiger charge is -2.13. The van der Waals surface area contributed by atoms with Crippen LogP contribution in [0.25, 0.3) is 0 Å². The van der Waals surface area contributed by atoms with Crippen LogP contribution in [0.3, 0.4) is 0 Å². The molecule has 0 radical (unpaired) electrons. The first-order valence-corrected chi connectivity index (χ1v) is 3.87. The van der Waals surface area contributed by atoms with Gasteiger partial charge in [0.2, 0.25) is 0 Å². The predicted octanol–water partition coefficient (Wildman–Crippen LogP) is 1.40. The van der Waals surface area contributed by atoms with Crippen LogP contribution in [0, 0.1) is 0 Å². The first-order chi connectivity index (χ1) is 6.33. The molecule has 0 amide bonds. The zero-order chi connectivity index (χ0) is 9.52. The minimum atomic E-state index is 0.181. The van der Waals surface area contributed by atoms with E-state index in [2.05, 4.69) is 4.99 Å². The number of allylic oxidation sites excluding steroid dienone is 4. The van der Waals surface area contributed by atoms with Gasteiger partial charge in [0.05, 0.1) is 7.11 Å². The van der Waals surface area contributed by atoms with E-state index >= 15 is 0 Å². The zero-order valence-electron chi connectivity index (χ0n) is 7.42. The molecule has 4 heteroatoms. The molecule has 0 aromatic carbocycles. The summed E-state index contributed by atoms with van der Waals surface area (Å²) in [4.78, 5) is 8.97. The van der Waals surface area contributed by atoms with Crippen molar-refractivity contribution in [2.45, 2.75) is 0 Å². The van der Waals surface area contributed by atoms with Crippen LogP contribution < -0.4 is 0 Å². The minimum absolute atomic E-state index is 0.181. The van der Waals surface area contributed by atoms with E-state index in [9.17, 15) is 5.11 Å². The maximum absolute atomic E-state index is 9.19. The Bertz CT molecular complexity index is 267. The fourth-order valence-electron chi connectivity index (χ4n) is 0.789. The van der Waals surface area contributed by atoms with Gasteiger partial charge in [0, 0.05) is 12.4 Å². The number of aliphatic hydroxyl groups excluding tert-OH is 1. The molecule has 4 nitrogen and oxygen atoms in total. The first kappa shape index (κ1) is 9.54. The zero-order valence-corrected chi connectivity index (χ0v) is 7.42. The van der Waals surface area contributed by atoms with Crippen molar-refractivity contribution >= 4 is 6.21 Å². The van der Waals surface area contributed by atoms with E-state index in [4.69, 9.17) is 4.84 Å². The molecule has 0 spiro atoms. The van der Waals surface area contributed by atoms with Crippen LogP contribution in [0.1, 0.15) is 0 Å². The van der Waals surface area contributed by atoms with Crippen LogP contribution in [0.4, 0.5) is 0 Å². The normalized spacial score (nSPS) is 17.3. The molecule has 0 aliphatic carbocycles. The smallest absolute Gasteiger partial charge is 0.135 e. The Morgan fingerprint density at radius 1 is 1.54 bits per heavy atom. The van der Waals surface area contributed by atoms with Crippen molar-refractivity contribution < 1.29 is 9.94 Å². The number of nitrogens with zero attached hydrogens (tertiary/aromatic N) is 2. The van der Waals surface area contributed by atoms with Crippen LogP contribution in [-0.2, 0) is 4.84 Å². The fourth-order valence-corrected chi connectivity index (χ4v) is 0.789. The van der Waals surface area contributed by atoms with Gasteiger partial charge < -0.3 is 5.11 Å². The molecule has 0 saturated carbocycles. The Morgan fingerprint density at radius 3 is 3.15 bits per heavy atom. The van der Waals surface area contributed by atoms with E-state index in [-0.39, 0.29) is 5.76 Å². The summed E-state index contributed by atoms with van der Waals surface area (Å²) in [5.74, 6) is 0.181.